The lowest BCUT2D eigenvalue weighted by Crippen LogP contribution is -2.19. The minimum absolute atomic E-state index is 0.104. The molecule has 0 aliphatic rings. The molecule has 3 rings (SSSR count). The number of aromatic nitrogens is 4. The Labute approximate surface area is 124 Å². The number of benzene rings is 1. The summed E-state index contributed by atoms with van der Waals surface area (Å²) in [5.41, 5.74) is 7.80. The van der Waals surface area contributed by atoms with E-state index in [2.05, 4.69) is 20.6 Å². The van der Waals surface area contributed by atoms with Gasteiger partial charge in [-0.15, -0.1) is 16.4 Å². The second-order valence-corrected chi connectivity index (χ2v) is 5.81. The summed E-state index contributed by atoms with van der Waals surface area (Å²) >= 11 is 1.60. The first kappa shape index (κ1) is 13.7. The first-order chi connectivity index (χ1) is 10.1. The lowest BCUT2D eigenvalue weighted by atomic mass is 10.3. The fraction of sp³-hybridized carbons (Fsp3) is 0.231. The summed E-state index contributed by atoms with van der Waals surface area (Å²) < 4.78 is 2.52. The van der Waals surface area contributed by atoms with Crippen molar-refractivity contribution >= 4 is 33.1 Å². The van der Waals surface area contributed by atoms with Crippen LogP contribution in [0.15, 0.2) is 24.4 Å². The van der Waals surface area contributed by atoms with Crippen LogP contribution >= 0.6 is 11.3 Å². The van der Waals surface area contributed by atoms with Crippen molar-refractivity contribution < 1.29 is 4.79 Å². The van der Waals surface area contributed by atoms with Crippen molar-refractivity contribution in [1.29, 1.82) is 0 Å². The molecule has 0 saturated carbocycles. The fourth-order valence-corrected chi connectivity index (χ4v) is 2.84. The van der Waals surface area contributed by atoms with E-state index in [1.165, 1.54) is 4.68 Å². The molecule has 0 atom stereocenters. The Bertz CT molecular complexity index is 793. The van der Waals surface area contributed by atoms with Gasteiger partial charge in [-0.25, -0.2) is 9.67 Å². The molecule has 0 unspecified atom stereocenters. The Kier molecular flexibility index (Phi) is 3.63. The van der Waals surface area contributed by atoms with Crippen molar-refractivity contribution in [2.24, 2.45) is 5.73 Å². The van der Waals surface area contributed by atoms with Gasteiger partial charge in [0.05, 0.1) is 27.1 Å². The molecule has 21 heavy (non-hydrogen) atoms. The summed E-state index contributed by atoms with van der Waals surface area (Å²) in [6.07, 6.45) is 1.66. The van der Waals surface area contributed by atoms with Crippen molar-refractivity contribution in [3.8, 4) is 0 Å². The summed E-state index contributed by atoms with van der Waals surface area (Å²) in [6.45, 7) is 2.37. The molecule has 0 aliphatic heterocycles. The number of nitrogens with zero attached hydrogens (tertiary/aromatic N) is 4. The van der Waals surface area contributed by atoms with E-state index in [0.717, 1.165) is 20.9 Å². The zero-order chi connectivity index (χ0) is 14.8. The molecule has 2 aromatic heterocycles. The van der Waals surface area contributed by atoms with E-state index >= 15 is 0 Å². The molecular weight excluding hydrogens is 288 g/mol. The predicted molar refractivity (Wildman–Crippen MR) is 80.9 cm³/mol. The van der Waals surface area contributed by atoms with Crippen LogP contribution in [-0.2, 0) is 17.9 Å². The smallest absolute Gasteiger partial charge is 0.246 e. The topological polar surface area (TPSA) is 98.7 Å². The number of rotatable bonds is 4. The number of nitrogens with one attached hydrogen (secondary N) is 1. The number of hydrogen-bond donors (Lipinski definition) is 2. The molecule has 0 radical (unpaired) electrons. The van der Waals surface area contributed by atoms with Crippen LogP contribution in [-0.4, -0.2) is 25.9 Å². The summed E-state index contributed by atoms with van der Waals surface area (Å²) in [4.78, 5) is 16.4. The first-order valence-electron chi connectivity index (χ1n) is 6.40. The standard InChI is InChI=1S/C13H14N6OS/c1-8-15-11-3-2-9(4-12(11)21-8)16-13(20)7-19-6-10(5-14)17-18-19/h2-4,6H,5,7,14H2,1H3,(H,16,20). The number of anilines is 1. The lowest BCUT2D eigenvalue weighted by Gasteiger charge is -2.04. The third-order valence-electron chi connectivity index (χ3n) is 2.88. The van der Waals surface area contributed by atoms with E-state index < -0.39 is 0 Å². The summed E-state index contributed by atoms with van der Waals surface area (Å²) in [7, 11) is 0. The number of carbonyl (C=O) groups is 1. The Morgan fingerprint density at radius 3 is 3.10 bits per heavy atom. The molecule has 8 heteroatoms. The molecule has 3 aromatic rings. The van der Waals surface area contributed by atoms with Gasteiger partial charge in [-0.2, -0.15) is 0 Å². The third-order valence-corrected chi connectivity index (χ3v) is 3.81. The number of hydrogen-bond acceptors (Lipinski definition) is 6. The van der Waals surface area contributed by atoms with Crippen LogP contribution in [0, 0.1) is 6.92 Å². The van der Waals surface area contributed by atoms with Crippen LogP contribution < -0.4 is 11.1 Å². The molecule has 108 valence electrons. The Hall–Kier alpha value is -2.32. The van der Waals surface area contributed by atoms with Gasteiger partial charge in [0.15, 0.2) is 0 Å². The molecule has 0 aliphatic carbocycles. The molecule has 2 heterocycles. The number of nitrogens with two attached hydrogens (primary N) is 1. The molecule has 0 saturated heterocycles. The zero-order valence-corrected chi connectivity index (χ0v) is 12.2. The molecule has 1 aromatic carbocycles. The molecule has 0 bridgehead atoms. The predicted octanol–water partition coefficient (Wildman–Crippen LogP) is 1.29. The number of fused-ring (bicyclic) bond motifs is 1. The highest BCUT2D eigenvalue weighted by Crippen LogP contribution is 2.24. The van der Waals surface area contributed by atoms with E-state index in [1.807, 2.05) is 25.1 Å². The molecule has 0 spiro atoms. The Morgan fingerprint density at radius 1 is 1.48 bits per heavy atom. The van der Waals surface area contributed by atoms with Crippen LogP contribution in [0.5, 0.6) is 0 Å². The maximum atomic E-state index is 12.0. The normalized spacial score (nSPS) is 11.0. The van der Waals surface area contributed by atoms with E-state index in [1.54, 1.807) is 17.5 Å². The van der Waals surface area contributed by atoms with E-state index in [4.69, 9.17) is 5.73 Å². The SMILES string of the molecule is Cc1nc2ccc(NC(=O)Cn3cc(CN)nn3)cc2s1. The first-order valence-corrected chi connectivity index (χ1v) is 7.22. The van der Waals surface area contributed by atoms with E-state index in [0.29, 0.717) is 12.2 Å². The van der Waals surface area contributed by atoms with Crippen LogP contribution in [0.4, 0.5) is 5.69 Å². The highest BCUT2D eigenvalue weighted by atomic mass is 32.1. The molecule has 1 amide bonds. The average molecular weight is 302 g/mol. The number of carbonyl (C=O) groups excluding carboxylic acids is 1. The molecular formula is C13H14N6OS. The minimum Gasteiger partial charge on any atom is -0.325 e. The van der Waals surface area contributed by atoms with Crippen molar-refractivity contribution in [2.45, 2.75) is 20.0 Å². The van der Waals surface area contributed by atoms with Gasteiger partial charge in [-0.05, 0) is 25.1 Å². The second kappa shape index (κ2) is 5.58. The fourth-order valence-electron chi connectivity index (χ4n) is 1.97. The van der Waals surface area contributed by atoms with Crippen molar-refractivity contribution in [3.63, 3.8) is 0 Å². The minimum atomic E-state index is -0.163. The maximum absolute atomic E-state index is 12.0. The van der Waals surface area contributed by atoms with Gasteiger partial charge < -0.3 is 11.1 Å². The van der Waals surface area contributed by atoms with Gasteiger partial charge in [0.1, 0.15) is 6.54 Å². The monoisotopic (exact) mass is 302 g/mol. The van der Waals surface area contributed by atoms with Gasteiger partial charge >= 0.3 is 0 Å². The summed E-state index contributed by atoms with van der Waals surface area (Å²) in [5.74, 6) is -0.163. The van der Waals surface area contributed by atoms with Crippen LogP contribution in [0.2, 0.25) is 0 Å². The number of amides is 1. The van der Waals surface area contributed by atoms with Gasteiger partial charge in [0, 0.05) is 12.2 Å². The van der Waals surface area contributed by atoms with Crippen molar-refractivity contribution in [3.05, 3.63) is 35.1 Å². The molecule has 0 fully saturated rings. The van der Waals surface area contributed by atoms with Crippen LogP contribution in [0.25, 0.3) is 10.2 Å². The maximum Gasteiger partial charge on any atom is 0.246 e. The van der Waals surface area contributed by atoms with Gasteiger partial charge in [-0.3, -0.25) is 4.79 Å². The largest absolute Gasteiger partial charge is 0.325 e. The number of thiazole rings is 1. The van der Waals surface area contributed by atoms with Gasteiger partial charge in [-0.1, -0.05) is 5.21 Å². The van der Waals surface area contributed by atoms with Crippen LogP contribution in [0.3, 0.4) is 0 Å². The average Bonchev–Trinajstić information content (AvgIpc) is 3.03. The quantitative estimate of drug-likeness (QED) is 0.756. The van der Waals surface area contributed by atoms with Gasteiger partial charge in [0.25, 0.3) is 0 Å². The third kappa shape index (κ3) is 3.06. The Balaban J connectivity index is 1.70. The lowest BCUT2D eigenvalue weighted by molar-refractivity contribution is -0.116. The highest BCUT2D eigenvalue weighted by Gasteiger charge is 2.07. The highest BCUT2D eigenvalue weighted by molar-refractivity contribution is 7.18. The van der Waals surface area contributed by atoms with E-state index in [-0.39, 0.29) is 12.5 Å². The van der Waals surface area contributed by atoms with Crippen molar-refractivity contribution in [1.82, 2.24) is 20.0 Å². The summed E-state index contributed by atoms with van der Waals surface area (Å²) in [6, 6.07) is 5.66. The zero-order valence-electron chi connectivity index (χ0n) is 11.4. The number of aryl methyl sites for hydroxylation is 1. The van der Waals surface area contributed by atoms with Crippen LogP contribution in [0.1, 0.15) is 10.7 Å². The van der Waals surface area contributed by atoms with Crippen molar-refractivity contribution in [2.75, 3.05) is 5.32 Å². The molecule has 7 nitrogen and oxygen atoms in total. The summed E-state index contributed by atoms with van der Waals surface area (Å²) in [5, 5.41) is 11.5. The second-order valence-electron chi connectivity index (χ2n) is 4.58. The molecule has 3 N–H and O–H groups in total. The van der Waals surface area contributed by atoms with Gasteiger partial charge in [0.2, 0.25) is 5.91 Å². The van der Waals surface area contributed by atoms with E-state index in [9.17, 15) is 4.79 Å². The Morgan fingerprint density at radius 2 is 2.33 bits per heavy atom.